The Morgan fingerprint density at radius 3 is 2.14 bits per heavy atom. The molecule has 0 radical (unpaired) electrons. The van der Waals surface area contributed by atoms with Gasteiger partial charge in [-0.2, -0.15) is 0 Å². The summed E-state index contributed by atoms with van der Waals surface area (Å²) >= 11 is 0. The minimum Gasteiger partial charge on any atom is -0.507 e. The Morgan fingerprint density at radius 2 is 1.50 bits per heavy atom. The van der Waals surface area contributed by atoms with E-state index in [1.165, 1.54) is 31.4 Å². The van der Waals surface area contributed by atoms with Crippen molar-refractivity contribution < 1.29 is 18.3 Å². The minimum atomic E-state index is -3.67. The van der Waals surface area contributed by atoms with E-state index in [1.807, 2.05) is 0 Å². The first-order valence-electron chi connectivity index (χ1n) is 6.64. The second-order valence-corrected chi connectivity index (χ2v) is 6.73. The lowest BCUT2D eigenvalue weighted by molar-refractivity contribution is 0.414. The van der Waals surface area contributed by atoms with Crippen molar-refractivity contribution >= 4 is 20.6 Å². The van der Waals surface area contributed by atoms with Gasteiger partial charge in [0.1, 0.15) is 11.5 Å². The number of phenols is 1. The number of ether oxygens (including phenoxy) is 1. The van der Waals surface area contributed by atoms with Crippen molar-refractivity contribution in [1.82, 2.24) is 0 Å². The number of benzene rings is 3. The summed E-state index contributed by atoms with van der Waals surface area (Å²) in [5.74, 6) is 0.652. The highest BCUT2D eigenvalue weighted by atomic mass is 32.2. The molecule has 0 aliphatic heterocycles. The molecule has 0 aliphatic rings. The second-order valence-electron chi connectivity index (χ2n) is 4.81. The number of hydrogen-bond acceptors (Lipinski definition) is 4. The number of hydrogen-bond donors (Lipinski definition) is 1. The van der Waals surface area contributed by atoms with Crippen LogP contribution in [-0.2, 0) is 9.84 Å². The predicted molar refractivity (Wildman–Crippen MR) is 84.1 cm³/mol. The first kappa shape index (κ1) is 14.4. The van der Waals surface area contributed by atoms with E-state index in [-0.39, 0.29) is 15.5 Å². The lowest BCUT2D eigenvalue weighted by Gasteiger charge is -2.10. The molecule has 112 valence electrons. The SMILES string of the molecule is COc1ccc(S(=O)(=O)c2ccc(O)c3ccccc23)cc1. The van der Waals surface area contributed by atoms with Gasteiger partial charge in [-0.05, 0) is 36.4 Å². The van der Waals surface area contributed by atoms with Crippen LogP contribution < -0.4 is 4.74 Å². The van der Waals surface area contributed by atoms with Gasteiger partial charge in [0.15, 0.2) is 0 Å². The summed E-state index contributed by atoms with van der Waals surface area (Å²) in [5.41, 5.74) is 0. The fraction of sp³-hybridized carbons (Fsp3) is 0.0588. The van der Waals surface area contributed by atoms with Crippen molar-refractivity contribution in [2.24, 2.45) is 0 Å². The fourth-order valence-corrected chi connectivity index (χ4v) is 3.83. The third-order valence-electron chi connectivity index (χ3n) is 3.52. The summed E-state index contributed by atoms with van der Waals surface area (Å²) in [6.07, 6.45) is 0. The molecule has 3 rings (SSSR count). The van der Waals surface area contributed by atoms with E-state index in [1.54, 1.807) is 36.4 Å². The van der Waals surface area contributed by atoms with Gasteiger partial charge in [0.2, 0.25) is 9.84 Å². The van der Waals surface area contributed by atoms with E-state index in [0.717, 1.165) is 0 Å². The van der Waals surface area contributed by atoms with Gasteiger partial charge >= 0.3 is 0 Å². The van der Waals surface area contributed by atoms with E-state index in [4.69, 9.17) is 4.74 Å². The Bertz CT molecular complexity index is 929. The Kier molecular flexibility index (Phi) is 3.50. The first-order chi connectivity index (χ1) is 10.5. The molecule has 4 nitrogen and oxygen atoms in total. The van der Waals surface area contributed by atoms with Crippen LogP contribution in [0.1, 0.15) is 0 Å². The molecule has 22 heavy (non-hydrogen) atoms. The predicted octanol–water partition coefficient (Wildman–Crippen LogP) is 3.39. The zero-order valence-corrected chi connectivity index (χ0v) is 12.7. The molecule has 0 amide bonds. The summed E-state index contributed by atoms with van der Waals surface area (Å²) in [7, 11) is -2.15. The van der Waals surface area contributed by atoms with Crippen molar-refractivity contribution in [3.63, 3.8) is 0 Å². The van der Waals surface area contributed by atoms with Crippen molar-refractivity contribution in [3.05, 3.63) is 60.7 Å². The molecule has 0 heterocycles. The standard InChI is InChI=1S/C17H14O4S/c1-21-12-6-8-13(9-7-12)22(19,20)17-11-10-16(18)14-4-2-3-5-15(14)17/h2-11,18H,1H3. The molecular weight excluding hydrogens is 300 g/mol. The maximum Gasteiger partial charge on any atom is 0.207 e. The molecule has 1 N–H and O–H groups in total. The molecule has 5 heteroatoms. The third-order valence-corrected chi connectivity index (χ3v) is 5.35. The highest BCUT2D eigenvalue weighted by molar-refractivity contribution is 7.91. The van der Waals surface area contributed by atoms with E-state index in [9.17, 15) is 13.5 Å². The number of fused-ring (bicyclic) bond motifs is 1. The van der Waals surface area contributed by atoms with Gasteiger partial charge in [-0.3, -0.25) is 0 Å². The zero-order valence-electron chi connectivity index (χ0n) is 11.9. The average molecular weight is 314 g/mol. The molecule has 0 atom stereocenters. The van der Waals surface area contributed by atoms with Crippen LogP contribution in [0.4, 0.5) is 0 Å². The number of methoxy groups -OCH3 is 1. The molecule has 0 aliphatic carbocycles. The quantitative estimate of drug-likeness (QED) is 0.805. The number of sulfone groups is 1. The lowest BCUT2D eigenvalue weighted by Crippen LogP contribution is -2.03. The Labute approximate surface area is 128 Å². The number of phenolic OH excluding ortho intramolecular Hbond substituents is 1. The fourth-order valence-electron chi connectivity index (χ4n) is 2.37. The van der Waals surface area contributed by atoms with Crippen LogP contribution in [0.5, 0.6) is 11.5 Å². The van der Waals surface area contributed by atoms with Crippen LogP contribution in [0.3, 0.4) is 0 Å². The zero-order chi connectivity index (χ0) is 15.7. The monoisotopic (exact) mass is 314 g/mol. The Hall–Kier alpha value is -2.53. The summed E-state index contributed by atoms with van der Waals surface area (Å²) in [4.78, 5) is 0.357. The molecule has 0 saturated carbocycles. The van der Waals surface area contributed by atoms with Crippen LogP contribution in [0.2, 0.25) is 0 Å². The van der Waals surface area contributed by atoms with Crippen LogP contribution >= 0.6 is 0 Å². The van der Waals surface area contributed by atoms with Crippen molar-refractivity contribution in [1.29, 1.82) is 0 Å². The largest absolute Gasteiger partial charge is 0.507 e. The molecule has 3 aromatic carbocycles. The highest BCUT2D eigenvalue weighted by Gasteiger charge is 2.21. The molecular formula is C17H14O4S. The first-order valence-corrected chi connectivity index (χ1v) is 8.12. The van der Waals surface area contributed by atoms with Gasteiger partial charge in [0, 0.05) is 10.8 Å². The van der Waals surface area contributed by atoms with Gasteiger partial charge in [-0.25, -0.2) is 8.42 Å². The summed E-state index contributed by atoms with van der Waals surface area (Å²) in [5, 5.41) is 10.9. The topological polar surface area (TPSA) is 63.6 Å². The van der Waals surface area contributed by atoms with Gasteiger partial charge in [0.05, 0.1) is 16.9 Å². The molecule has 3 aromatic rings. The van der Waals surface area contributed by atoms with E-state index in [0.29, 0.717) is 16.5 Å². The maximum atomic E-state index is 12.8. The minimum absolute atomic E-state index is 0.0595. The van der Waals surface area contributed by atoms with Gasteiger partial charge in [0.25, 0.3) is 0 Å². The van der Waals surface area contributed by atoms with Crippen molar-refractivity contribution in [3.8, 4) is 11.5 Å². The van der Waals surface area contributed by atoms with Gasteiger partial charge in [-0.1, -0.05) is 24.3 Å². The van der Waals surface area contributed by atoms with Crippen LogP contribution in [-0.4, -0.2) is 20.6 Å². The van der Waals surface area contributed by atoms with Crippen LogP contribution in [0.15, 0.2) is 70.5 Å². The molecule has 0 aromatic heterocycles. The molecule has 0 fully saturated rings. The molecule has 0 unspecified atom stereocenters. The van der Waals surface area contributed by atoms with Gasteiger partial charge < -0.3 is 9.84 Å². The Balaban J connectivity index is 2.23. The number of rotatable bonds is 3. The summed E-state index contributed by atoms with van der Waals surface area (Å²) in [6.45, 7) is 0. The summed E-state index contributed by atoms with van der Waals surface area (Å²) < 4.78 is 30.7. The molecule has 0 spiro atoms. The highest BCUT2D eigenvalue weighted by Crippen LogP contribution is 2.33. The van der Waals surface area contributed by atoms with Crippen LogP contribution in [0, 0.1) is 0 Å². The molecule has 0 saturated heterocycles. The normalized spacial score (nSPS) is 11.5. The maximum absolute atomic E-state index is 12.8. The Morgan fingerprint density at radius 1 is 0.864 bits per heavy atom. The third kappa shape index (κ3) is 2.29. The van der Waals surface area contributed by atoms with E-state index >= 15 is 0 Å². The smallest absolute Gasteiger partial charge is 0.207 e. The number of aromatic hydroxyl groups is 1. The lowest BCUT2D eigenvalue weighted by atomic mass is 10.1. The summed E-state index contributed by atoms with van der Waals surface area (Å²) in [6, 6.07) is 15.9. The van der Waals surface area contributed by atoms with Crippen LogP contribution in [0.25, 0.3) is 10.8 Å². The van der Waals surface area contributed by atoms with Crippen molar-refractivity contribution in [2.75, 3.05) is 7.11 Å². The van der Waals surface area contributed by atoms with E-state index in [2.05, 4.69) is 0 Å². The average Bonchev–Trinajstić information content (AvgIpc) is 2.55. The van der Waals surface area contributed by atoms with Crippen molar-refractivity contribution in [2.45, 2.75) is 9.79 Å². The van der Waals surface area contributed by atoms with E-state index < -0.39 is 9.84 Å². The molecule has 0 bridgehead atoms. The van der Waals surface area contributed by atoms with Gasteiger partial charge in [-0.15, -0.1) is 0 Å². The second kappa shape index (κ2) is 5.35.